The first kappa shape index (κ1) is 12.3. The van der Waals surface area contributed by atoms with Crippen molar-refractivity contribution in [2.24, 2.45) is 0 Å². The largest absolute Gasteiger partial charge is 0.461 e. The van der Waals surface area contributed by atoms with E-state index in [-0.39, 0.29) is 6.61 Å². The summed E-state index contributed by atoms with van der Waals surface area (Å²) in [6.07, 6.45) is 1.08. The number of ether oxygens (including phenoxy) is 2. The predicted octanol–water partition coefficient (Wildman–Crippen LogP) is 1.94. The molecule has 1 aromatic rings. The highest BCUT2D eigenvalue weighted by molar-refractivity contribution is 5.72. The average Bonchev–Trinajstić information content (AvgIpc) is 2.59. The van der Waals surface area contributed by atoms with Crippen LogP contribution < -0.4 is 0 Å². The van der Waals surface area contributed by atoms with Crippen LogP contribution in [0.25, 0.3) is 0 Å². The third kappa shape index (κ3) is 3.42. The van der Waals surface area contributed by atoms with Gasteiger partial charge in [-0.2, -0.15) is 0 Å². The molecular weight excluding hydrogens is 210 g/mol. The van der Waals surface area contributed by atoms with Crippen LogP contribution >= 0.6 is 0 Å². The Bertz CT molecular complexity index is 376. The van der Waals surface area contributed by atoms with Crippen molar-refractivity contribution in [3.63, 3.8) is 0 Å². The number of aromatic nitrogens is 1. The molecule has 0 fully saturated rings. The Morgan fingerprint density at radius 2 is 2.19 bits per heavy atom. The van der Waals surface area contributed by atoms with Crippen LogP contribution in [0, 0.1) is 0 Å². The van der Waals surface area contributed by atoms with E-state index in [1.807, 2.05) is 0 Å². The second-order valence-corrected chi connectivity index (χ2v) is 4.26. The van der Waals surface area contributed by atoms with E-state index in [4.69, 9.17) is 4.74 Å². The van der Waals surface area contributed by atoms with Crippen molar-refractivity contribution in [2.45, 2.75) is 33.0 Å². The highest BCUT2D eigenvalue weighted by Crippen LogP contribution is 2.11. The van der Waals surface area contributed by atoms with Crippen LogP contribution in [0.15, 0.2) is 18.3 Å². The molecule has 0 aliphatic heterocycles. The van der Waals surface area contributed by atoms with Gasteiger partial charge >= 0.3 is 6.09 Å². The van der Waals surface area contributed by atoms with Crippen LogP contribution in [0.2, 0.25) is 0 Å². The zero-order valence-electron chi connectivity index (χ0n) is 9.60. The smallest absolute Gasteiger partial charge is 0.418 e. The molecule has 0 aliphatic carbocycles. The van der Waals surface area contributed by atoms with Crippen molar-refractivity contribution in [3.8, 4) is 0 Å². The van der Waals surface area contributed by atoms with E-state index in [1.165, 1.54) is 4.57 Å². The van der Waals surface area contributed by atoms with Crippen LogP contribution in [0.3, 0.4) is 0 Å². The Balaban J connectivity index is 2.75. The summed E-state index contributed by atoms with van der Waals surface area (Å²) in [4.78, 5) is 21.8. The molecule has 0 radical (unpaired) electrons. The summed E-state index contributed by atoms with van der Waals surface area (Å²) in [6.45, 7) is 5.75. The molecule has 0 bridgehead atoms. The Morgan fingerprint density at radius 1 is 1.50 bits per heavy atom. The molecule has 16 heavy (non-hydrogen) atoms. The first-order valence-corrected chi connectivity index (χ1v) is 4.89. The minimum Gasteiger partial charge on any atom is -0.461 e. The summed E-state index contributed by atoms with van der Waals surface area (Å²) < 4.78 is 11.1. The maximum absolute atomic E-state index is 11.7. The van der Waals surface area contributed by atoms with Crippen LogP contribution in [-0.4, -0.2) is 22.7 Å². The maximum Gasteiger partial charge on any atom is 0.418 e. The number of nitrogens with zero attached hydrogens (tertiary/aromatic N) is 1. The quantitative estimate of drug-likeness (QED) is 0.738. The van der Waals surface area contributed by atoms with E-state index >= 15 is 0 Å². The second kappa shape index (κ2) is 4.83. The second-order valence-electron chi connectivity index (χ2n) is 4.26. The average molecular weight is 225 g/mol. The molecule has 0 saturated carbocycles. The van der Waals surface area contributed by atoms with Gasteiger partial charge in [-0.1, -0.05) is 0 Å². The molecule has 5 heteroatoms. The number of carbonyl (C=O) groups is 2. The highest BCUT2D eigenvalue weighted by atomic mass is 16.6. The first-order chi connectivity index (χ1) is 7.44. The Kier molecular flexibility index (Phi) is 3.71. The molecule has 1 heterocycles. The molecule has 88 valence electrons. The number of carbonyl (C=O) groups excluding carboxylic acids is 2. The Hall–Kier alpha value is -1.78. The van der Waals surface area contributed by atoms with Crippen molar-refractivity contribution >= 4 is 12.6 Å². The van der Waals surface area contributed by atoms with Gasteiger partial charge in [0.1, 0.15) is 12.2 Å². The Morgan fingerprint density at radius 3 is 2.75 bits per heavy atom. The van der Waals surface area contributed by atoms with E-state index in [0.717, 1.165) is 0 Å². The molecule has 1 aromatic heterocycles. The fraction of sp³-hybridized carbons (Fsp3) is 0.455. The van der Waals surface area contributed by atoms with Gasteiger partial charge in [0.2, 0.25) is 0 Å². The molecule has 0 aromatic carbocycles. The first-order valence-electron chi connectivity index (χ1n) is 4.89. The van der Waals surface area contributed by atoms with Crippen molar-refractivity contribution < 1.29 is 19.1 Å². The van der Waals surface area contributed by atoms with Crippen molar-refractivity contribution in [2.75, 3.05) is 0 Å². The van der Waals surface area contributed by atoms with Gasteiger partial charge in [-0.3, -0.25) is 9.36 Å². The van der Waals surface area contributed by atoms with E-state index in [1.54, 1.807) is 39.1 Å². The molecule has 0 atom stereocenters. The minimum absolute atomic E-state index is 0.0513. The molecule has 0 unspecified atom stereocenters. The van der Waals surface area contributed by atoms with Gasteiger partial charge in [-0.15, -0.1) is 0 Å². The predicted molar refractivity (Wildman–Crippen MR) is 56.9 cm³/mol. The number of hydrogen-bond donors (Lipinski definition) is 0. The fourth-order valence-electron chi connectivity index (χ4n) is 1.14. The summed E-state index contributed by atoms with van der Waals surface area (Å²) in [5, 5.41) is 0. The fourth-order valence-corrected chi connectivity index (χ4v) is 1.14. The van der Waals surface area contributed by atoms with Gasteiger partial charge < -0.3 is 9.47 Å². The van der Waals surface area contributed by atoms with E-state index < -0.39 is 11.7 Å². The lowest BCUT2D eigenvalue weighted by atomic mass is 10.2. The standard InChI is InChI=1S/C11H15NO4/c1-11(2,3)16-10(14)12-6-4-5-9(12)7-15-8-13/h4-6,8H,7H2,1-3H3. The molecular formula is C11H15NO4. The van der Waals surface area contributed by atoms with Gasteiger partial charge in [0, 0.05) is 6.20 Å². The summed E-state index contributed by atoms with van der Waals surface area (Å²) in [5.41, 5.74) is 0.0192. The van der Waals surface area contributed by atoms with Gasteiger partial charge in [-0.25, -0.2) is 4.79 Å². The molecule has 0 N–H and O–H groups in total. The number of hydrogen-bond acceptors (Lipinski definition) is 4. The van der Waals surface area contributed by atoms with Crippen LogP contribution in [0.4, 0.5) is 4.79 Å². The SMILES string of the molecule is CC(C)(C)OC(=O)n1cccc1COC=O. The summed E-state index contributed by atoms with van der Waals surface area (Å²) in [7, 11) is 0. The Labute approximate surface area is 94.0 Å². The van der Waals surface area contributed by atoms with Crippen molar-refractivity contribution in [1.29, 1.82) is 0 Å². The third-order valence-corrected chi connectivity index (χ3v) is 1.72. The zero-order chi connectivity index (χ0) is 12.2. The lowest BCUT2D eigenvalue weighted by Gasteiger charge is -2.20. The number of rotatable bonds is 3. The molecule has 0 aliphatic rings. The normalized spacial score (nSPS) is 10.9. The minimum atomic E-state index is -0.551. The van der Waals surface area contributed by atoms with Gasteiger partial charge in [0.15, 0.2) is 0 Å². The highest BCUT2D eigenvalue weighted by Gasteiger charge is 2.19. The van der Waals surface area contributed by atoms with Crippen LogP contribution in [0.5, 0.6) is 0 Å². The third-order valence-electron chi connectivity index (χ3n) is 1.72. The van der Waals surface area contributed by atoms with Crippen molar-refractivity contribution in [1.82, 2.24) is 4.57 Å². The van der Waals surface area contributed by atoms with Crippen molar-refractivity contribution in [3.05, 3.63) is 24.0 Å². The van der Waals surface area contributed by atoms with Crippen LogP contribution in [0.1, 0.15) is 26.5 Å². The monoisotopic (exact) mass is 225 g/mol. The van der Waals surface area contributed by atoms with E-state index in [2.05, 4.69) is 4.74 Å². The molecule has 0 amide bonds. The molecule has 1 rings (SSSR count). The van der Waals surface area contributed by atoms with Gasteiger partial charge in [0.05, 0.1) is 5.69 Å². The molecule has 0 spiro atoms. The van der Waals surface area contributed by atoms with E-state index in [0.29, 0.717) is 12.2 Å². The topological polar surface area (TPSA) is 57.5 Å². The lowest BCUT2D eigenvalue weighted by molar-refractivity contribution is -0.130. The molecule has 0 saturated heterocycles. The summed E-state index contributed by atoms with van der Waals surface area (Å²) in [5.74, 6) is 0. The van der Waals surface area contributed by atoms with Gasteiger partial charge in [0.25, 0.3) is 6.47 Å². The summed E-state index contributed by atoms with van der Waals surface area (Å²) >= 11 is 0. The van der Waals surface area contributed by atoms with Gasteiger partial charge in [-0.05, 0) is 32.9 Å². The van der Waals surface area contributed by atoms with E-state index in [9.17, 15) is 9.59 Å². The zero-order valence-corrected chi connectivity index (χ0v) is 9.60. The summed E-state index contributed by atoms with van der Waals surface area (Å²) in [6, 6.07) is 3.38. The lowest BCUT2D eigenvalue weighted by Crippen LogP contribution is -2.27. The molecule has 5 nitrogen and oxygen atoms in total. The van der Waals surface area contributed by atoms with Crippen LogP contribution in [-0.2, 0) is 20.9 Å². The maximum atomic E-state index is 11.7.